The van der Waals surface area contributed by atoms with Gasteiger partial charge in [-0.3, -0.25) is 14.2 Å². The highest BCUT2D eigenvalue weighted by Crippen LogP contribution is 2.19. The molecule has 130 valence electrons. The molecule has 3 aromatic heterocycles. The van der Waals surface area contributed by atoms with E-state index >= 15 is 0 Å². The van der Waals surface area contributed by atoms with Crippen LogP contribution in [0.15, 0.2) is 48.7 Å². The molecule has 6 nitrogen and oxygen atoms in total. The minimum atomic E-state index is -0.285. The lowest BCUT2D eigenvalue weighted by atomic mass is 10.1. The van der Waals surface area contributed by atoms with Crippen molar-refractivity contribution in [1.29, 1.82) is 0 Å². The fourth-order valence-electron chi connectivity index (χ4n) is 3.12. The molecule has 26 heavy (non-hydrogen) atoms. The molecule has 0 saturated heterocycles. The molecule has 1 atom stereocenters. The molecule has 4 rings (SSSR count). The van der Waals surface area contributed by atoms with Gasteiger partial charge >= 0.3 is 0 Å². The average molecular weight is 345 g/mol. The first kappa shape index (κ1) is 16.2. The van der Waals surface area contributed by atoms with Gasteiger partial charge in [-0.15, -0.1) is 10.2 Å². The molecule has 0 spiro atoms. The standard InChI is InChI=1S/C20H19N5O/c1-12-7-8-17-15(10-12)11-16(13(2)21-17)20(26)22-14(3)19-24-23-18-6-4-5-9-25(18)19/h4-11,14H,1-3H3,(H,22,26)/t14-/m0/s1. The lowest BCUT2D eigenvalue weighted by molar-refractivity contribution is 0.0937. The van der Waals surface area contributed by atoms with Crippen molar-refractivity contribution in [1.82, 2.24) is 24.9 Å². The first-order valence-electron chi connectivity index (χ1n) is 8.51. The second-order valence-corrected chi connectivity index (χ2v) is 6.50. The normalized spacial score (nSPS) is 12.4. The minimum absolute atomic E-state index is 0.168. The maximum atomic E-state index is 12.8. The predicted molar refractivity (Wildman–Crippen MR) is 100 cm³/mol. The highest BCUT2D eigenvalue weighted by molar-refractivity contribution is 5.98. The van der Waals surface area contributed by atoms with Crippen LogP contribution in [0, 0.1) is 13.8 Å². The number of rotatable bonds is 3. The van der Waals surface area contributed by atoms with Gasteiger partial charge in [-0.05, 0) is 51.1 Å². The zero-order chi connectivity index (χ0) is 18.3. The summed E-state index contributed by atoms with van der Waals surface area (Å²) in [5.41, 5.74) is 4.06. The third-order valence-corrected chi connectivity index (χ3v) is 4.48. The largest absolute Gasteiger partial charge is 0.342 e. The number of pyridine rings is 2. The maximum Gasteiger partial charge on any atom is 0.253 e. The Morgan fingerprint density at radius 2 is 1.96 bits per heavy atom. The van der Waals surface area contributed by atoms with E-state index in [9.17, 15) is 4.79 Å². The smallest absolute Gasteiger partial charge is 0.253 e. The Morgan fingerprint density at radius 3 is 2.81 bits per heavy atom. The summed E-state index contributed by atoms with van der Waals surface area (Å²) in [5, 5.41) is 12.3. The van der Waals surface area contributed by atoms with Gasteiger partial charge in [0.05, 0.1) is 22.8 Å². The summed E-state index contributed by atoms with van der Waals surface area (Å²) in [5.74, 6) is 0.523. The molecule has 0 bridgehead atoms. The van der Waals surface area contributed by atoms with Gasteiger partial charge < -0.3 is 5.32 Å². The topological polar surface area (TPSA) is 72.2 Å². The van der Waals surface area contributed by atoms with Gasteiger partial charge in [0.2, 0.25) is 0 Å². The lowest BCUT2D eigenvalue weighted by Crippen LogP contribution is -2.28. The molecule has 0 aliphatic heterocycles. The third kappa shape index (κ3) is 2.79. The summed E-state index contributed by atoms with van der Waals surface area (Å²) in [7, 11) is 0. The maximum absolute atomic E-state index is 12.8. The van der Waals surface area contributed by atoms with E-state index in [2.05, 4.69) is 20.5 Å². The fraction of sp³-hybridized carbons (Fsp3) is 0.200. The Balaban J connectivity index is 1.65. The van der Waals surface area contributed by atoms with Crippen LogP contribution in [0.4, 0.5) is 0 Å². The number of hydrogen-bond acceptors (Lipinski definition) is 4. The van der Waals surface area contributed by atoms with Crippen molar-refractivity contribution in [3.05, 3.63) is 71.3 Å². The van der Waals surface area contributed by atoms with Crippen molar-refractivity contribution >= 4 is 22.5 Å². The highest BCUT2D eigenvalue weighted by Gasteiger charge is 2.18. The average Bonchev–Trinajstić information content (AvgIpc) is 3.05. The molecule has 0 aliphatic rings. The van der Waals surface area contributed by atoms with Crippen molar-refractivity contribution in [3.8, 4) is 0 Å². The summed E-state index contributed by atoms with van der Waals surface area (Å²) < 4.78 is 1.87. The molecule has 4 aromatic rings. The van der Waals surface area contributed by atoms with E-state index in [-0.39, 0.29) is 11.9 Å². The zero-order valence-electron chi connectivity index (χ0n) is 14.9. The second-order valence-electron chi connectivity index (χ2n) is 6.50. The summed E-state index contributed by atoms with van der Waals surface area (Å²) in [6.45, 7) is 5.78. The Hall–Kier alpha value is -3.28. The number of aryl methyl sites for hydroxylation is 2. The van der Waals surface area contributed by atoms with Crippen LogP contribution in [0.25, 0.3) is 16.6 Å². The number of amides is 1. The number of carbonyl (C=O) groups excluding carboxylic acids is 1. The molecule has 0 aliphatic carbocycles. The van der Waals surface area contributed by atoms with Crippen LogP contribution in [0.5, 0.6) is 0 Å². The number of carbonyl (C=O) groups is 1. The molecule has 3 heterocycles. The van der Waals surface area contributed by atoms with Crippen molar-refractivity contribution in [2.75, 3.05) is 0 Å². The Kier molecular flexibility index (Phi) is 3.88. The first-order chi connectivity index (χ1) is 12.5. The van der Waals surface area contributed by atoms with Crippen LogP contribution in [0.1, 0.15) is 40.4 Å². The van der Waals surface area contributed by atoms with E-state index in [0.717, 1.165) is 22.1 Å². The molecule has 0 fully saturated rings. The molecule has 6 heteroatoms. The van der Waals surface area contributed by atoms with E-state index in [1.165, 1.54) is 0 Å². The predicted octanol–water partition coefficient (Wildman–Crippen LogP) is 3.39. The number of aromatic nitrogens is 4. The summed E-state index contributed by atoms with van der Waals surface area (Å²) in [4.78, 5) is 17.4. The number of benzene rings is 1. The molecule has 1 amide bonds. The molecule has 1 N–H and O–H groups in total. The SMILES string of the molecule is Cc1ccc2nc(C)c(C(=O)N[C@@H](C)c3nnc4ccccn34)cc2c1. The van der Waals surface area contributed by atoms with E-state index < -0.39 is 0 Å². The fourth-order valence-corrected chi connectivity index (χ4v) is 3.12. The second kappa shape index (κ2) is 6.22. The van der Waals surface area contributed by atoms with E-state index in [1.807, 2.05) is 73.8 Å². The van der Waals surface area contributed by atoms with Crippen LogP contribution < -0.4 is 5.32 Å². The van der Waals surface area contributed by atoms with Gasteiger partial charge in [0.25, 0.3) is 5.91 Å². The summed E-state index contributed by atoms with van der Waals surface area (Å²) in [6, 6.07) is 13.3. The zero-order valence-corrected chi connectivity index (χ0v) is 14.9. The monoisotopic (exact) mass is 345 g/mol. The molecular formula is C20H19N5O. The van der Waals surface area contributed by atoms with Crippen LogP contribution in [0.3, 0.4) is 0 Å². The van der Waals surface area contributed by atoms with Gasteiger partial charge in [-0.2, -0.15) is 0 Å². The Labute approximate surface area is 150 Å². The Bertz CT molecular complexity index is 1130. The number of nitrogens with one attached hydrogen (secondary N) is 1. The van der Waals surface area contributed by atoms with Gasteiger partial charge in [-0.25, -0.2) is 0 Å². The quantitative estimate of drug-likeness (QED) is 0.618. The van der Waals surface area contributed by atoms with Crippen LogP contribution in [-0.4, -0.2) is 25.5 Å². The molecule has 0 unspecified atom stereocenters. The van der Waals surface area contributed by atoms with Crippen LogP contribution in [0.2, 0.25) is 0 Å². The summed E-state index contributed by atoms with van der Waals surface area (Å²) in [6.07, 6.45) is 1.89. The van der Waals surface area contributed by atoms with E-state index in [1.54, 1.807) is 0 Å². The van der Waals surface area contributed by atoms with Crippen molar-refractivity contribution in [2.45, 2.75) is 26.8 Å². The number of fused-ring (bicyclic) bond motifs is 2. The van der Waals surface area contributed by atoms with Gasteiger partial charge in [0, 0.05) is 11.6 Å². The Morgan fingerprint density at radius 1 is 1.12 bits per heavy atom. The van der Waals surface area contributed by atoms with Crippen LogP contribution >= 0.6 is 0 Å². The number of nitrogens with zero attached hydrogens (tertiary/aromatic N) is 4. The van der Waals surface area contributed by atoms with Crippen molar-refractivity contribution in [2.24, 2.45) is 0 Å². The molecular weight excluding hydrogens is 326 g/mol. The van der Waals surface area contributed by atoms with E-state index in [4.69, 9.17) is 0 Å². The lowest BCUT2D eigenvalue weighted by Gasteiger charge is -2.14. The minimum Gasteiger partial charge on any atom is -0.342 e. The van der Waals surface area contributed by atoms with Gasteiger partial charge in [0.15, 0.2) is 11.5 Å². The molecule has 1 aromatic carbocycles. The summed E-state index contributed by atoms with van der Waals surface area (Å²) >= 11 is 0. The third-order valence-electron chi connectivity index (χ3n) is 4.48. The van der Waals surface area contributed by atoms with Gasteiger partial charge in [-0.1, -0.05) is 17.7 Å². The number of hydrogen-bond donors (Lipinski definition) is 1. The molecule has 0 radical (unpaired) electrons. The van der Waals surface area contributed by atoms with Gasteiger partial charge in [0.1, 0.15) is 0 Å². The van der Waals surface area contributed by atoms with Crippen LogP contribution in [-0.2, 0) is 0 Å². The van der Waals surface area contributed by atoms with Crippen molar-refractivity contribution in [3.63, 3.8) is 0 Å². The highest BCUT2D eigenvalue weighted by atomic mass is 16.1. The van der Waals surface area contributed by atoms with Crippen molar-refractivity contribution < 1.29 is 4.79 Å². The molecule has 0 saturated carbocycles. The first-order valence-corrected chi connectivity index (χ1v) is 8.51. The van der Waals surface area contributed by atoms with E-state index in [0.29, 0.717) is 17.1 Å².